The first-order valence-corrected chi connectivity index (χ1v) is 7.34. The first-order chi connectivity index (χ1) is 9.78. The number of hydrogen-bond donors (Lipinski definition) is 0. The summed E-state index contributed by atoms with van der Waals surface area (Å²) in [5, 5.41) is -0.313. The number of benzene rings is 1. The van der Waals surface area contributed by atoms with Crippen LogP contribution in [0, 0.1) is 0 Å². The van der Waals surface area contributed by atoms with E-state index in [1.54, 1.807) is 0 Å². The second-order valence-corrected chi connectivity index (χ2v) is 5.21. The van der Waals surface area contributed by atoms with Crippen molar-refractivity contribution in [2.75, 3.05) is 13.2 Å². The molecule has 1 aliphatic rings. The molecular formula is C16H17ClO3. The Bertz CT molecular complexity index is 591. The molecule has 0 saturated carbocycles. The van der Waals surface area contributed by atoms with Crippen LogP contribution >= 0.6 is 11.6 Å². The number of ether oxygens (including phenoxy) is 2. The first kappa shape index (κ1) is 13.4. The van der Waals surface area contributed by atoms with Gasteiger partial charge in [-0.3, -0.25) is 0 Å². The molecule has 1 atom stereocenters. The smallest absolute Gasteiger partial charge is 0.161 e. The molecule has 3 rings (SSSR count). The van der Waals surface area contributed by atoms with Gasteiger partial charge >= 0.3 is 0 Å². The third kappa shape index (κ3) is 2.63. The minimum atomic E-state index is -0.313. The average molecular weight is 293 g/mol. The maximum Gasteiger partial charge on any atom is 0.161 e. The van der Waals surface area contributed by atoms with Crippen molar-refractivity contribution in [2.24, 2.45) is 0 Å². The molecule has 4 heteroatoms. The van der Waals surface area contributed by atoms with E-state index in [4.69, 9.17) is 25.5 Å². The molecule has 2 heterocycles. The Balaban J connectivity index is 1.87. The van der Waals surface area contributed by atoms with Crippen molar-refractivity contribution in [1.82, 2.24) is 0 Å². The van der Waals surface area contributed by atoms with E-state index in [1.165, 1.54) is 0 Å². The van der Waals surface area contributed by atoms with Crippen molar-refractivity contribution in [2.45, 2.75) is 25.1 Å². The Hall–Kier alpha value is -1.61. The van der Waals surface area contributed by atoms with Crippen LogP contribution in [0.3, 0.4) is 0 Å². The molecule has 0 saturated heterocycles. The average Bonchev–Trinajstić information content (AvgIpc) is 2.84. The summed E-state index contributed by atoms with van der Waals surface area (Å²) in [6, 6.07) is 9.70. The van der Waals surface area contributed by atoms with Gasteiger partial charge in [0.1, 0.15) is 16.9 Å². The lowest BCUT2D eigenvalue weighted by Gasteiger charge is -2.12. The monoisotopic (exact) mass is 292 g/mol. The Labute approximate surface area is 123 Å². The maximum absolute atomic E-state index is 6.50. The summed E-state index contributed by atoms with van der Waals surface area (Å²) in [5.74, 6) is 3.25. The SMILES string of the molecule is CCc1ccc(C(Cl)c2ccc3c(c2)OCCCO3)o1. The van der Waals surface area contributed by atoms with Crippen molar-refractivity contribution in [1.29, 1.82) is 0 Å². The summed E-state index contributed by atoms with van der Waals surface area (Å²) >= 11 is 6.50. The molecule has 2 aromatic rings. The molecule has 0 spiro atoms. The third-order valence-electron chi connectivity index (χ3n) is 3.34. The molecule has 1 aromatic carbocycles. The van der Waals surface area contributed by atoms with Crippen LogP contribution in [0.5, 0.6) is 11.5 Å². The van der Waals surface area contributed by atoms with E-state index in [1.807, 2.05) is 30.3 Å². The summed E-state index contributed by atoms with van der Waals surface area (Å²) in [6.07, 6.45) is 1.76. The van der Waals surface area contributed by atoms with Crippen molar-refractivity contribution < 1.29 is 13.9 Å². The van der Waals surface area contributed by atoms with Crippen LogP contribution in [0.1, 0.15) is 35.8 Å². The lowest BCUT2D eigenvalue weighted by Crippen LogP contribution is -1.97. The Morgan fingerprint density at radius 3 is 2.65 bits per heavy atom. The van der Waals surface area contributed by atoms with Crippen LogP contribution < -0.4 is 9.47 Å². The Kier molecular flexibility index (Phi) is 3.88. The van der Waals surface area contributed by atoms with Gasteiger partial charge in [0.2, 0.25) is 0 Å². The zero-order valence-corrected chi connectivity index (χ0v) is 12.2. The van der Waals surface area contributed by atoms with Crippen LogP contribution in [0.25, 0.3) is 0 Å². The van der Waals surface area contributed by atoms with E-state index in [9.17, 15) is 0 Å². The molecule has 1 unspecified atom stereocenters. The molecule has 106 valence electrons. The highest BCUT2D eigenvalue weighted by atomic mass is 35.5. The van der Waals surface area contributed by atoms with E-state index in [0.29, 0.717) is 13.2 Å². The van der Waals surface area contributed by atoms with Crippen LogP contribution in [-0.4, -0.2) is 13.2 Å². The number of alkyl halides is 1. The molecule has 1 aromatic heterocycles. The van der Waals surface area contributed by atoms with Gasteiger partial charge in [0.15, 0.2) is 11.5 Å². The number of fused-ring (bicyclic) bond motifs is 1. The molecule has 0 fully saturated rings. The van der Waals surface area contributed by atoms with E-state index in [-0.39, 0.29) is 5.38 Å². The van der Waals surface area contributed by atoms with Crippen molar-refractivity contribution in [3.8, 4) is 11.5 Å². The topological polar surface area (TPSA) is 31.6 Å². The van der Waals surface area contributed by atoms with E-state index >= 15 is 0 Å². The lowest BCUT2D eigenvalue weighted by atomic mass is 10.1. The van der Waals surface area contributed by atoms with Gasteiger partial charge in [-0.15, -0.1) is 11.6 Å². The Morgan fingerprint density at radius 1 is 1.10 bits per heavy atom. The highest BCUT2D eigenvalue weighted by Gasteiger charge is 2.18. The number of furan rings is 1. The standard InChI is InChI=1S/C16H17ClO3/c1-2-12-5-7-14(20-12)16(17)11-4-6-13-15(10-11)19-9-3-8-18-13/h4-7,10,16H,2-3,8-9H2,1H3. The van der Waals surface area contributed by atoms with Crippen molar-refractivity contribution in [3.05, 3.63) is 47.4 Å². The van der Waals surface area contributed by atoms with Gasteiger partial charge in [-0.25, -0.2) is 0 Å². The van der Waals surface area contributed by atoms with Crippen LogP contribution in [0.4, 0.5) is 0 Å². The van der Waals surface area contributed by atoms with Crippen molar-refractivity contribution in [3.63, 3.8) is 0 Å². The van der Waals surface area contributed by atoms with Crippen molar-refractivity contribution >= 4 is 11.6 Å². The molecule has 0 amide bonds. The summed E-state index contributed by atoms with van der Waals surface area (Å²) < 4.78 is 17.0. The minimum absolute atomic E-state index is 0.313. The van der Waals surface area contributed by atoms with Crippen LogP contribution in [0.2, 0.25) is 0 Å². The van der Waals surface area contributed by atoms with E-state index in [2.05, 4.69) is 6.92 Å². The summed E-state index contributed by atoms with van der Waals surface area (Å²) in [6.45, 7) is 3.41. The molecular weight excluding hydrogens is 276 g/mol. The van der Waals surface area contributed by atoms with Crippen LogP contribution in [0.15, 0.2) is 34.7 Å². The molecule has 20 heavy (non-hydrogen) atoms. The largest absolute Gasteiger partial charge is 0.490 e. The molecule has 0 aliphatic carbocycles. The van der Waals surface area contributed by atoms with Crippen LogP contribution in [-0.2, 0) is 6.42 Å². The third-order valence-corrected chi connectivity index (χ3v) is 3.81. The highest BCUT2D eigenvalue weighted by Crippen LogP contribution is 2.37. The molecule has 0 N–H and O–H groups in total. The molecule has 0 bridgehead atoms. The first-order valence-electron chi connectivity index (χ1n) is 6.90. The molecule has 0 radical (unpaired) electrons. The Morgan fingerprint density at radius 2 is 1.90 bits per heavy atom. The maximum atomic E-state index is 6.50. The van der Waals surface area contributed by atoms with Gasteiger partial charge in [-0.2, -0.15) is 0 Å². The number of hydrogen-bond acceptors (Lipinski definition) is 3. The normalized spacial score (nSPS) is 15.7. The quantitative estimate of drug-likeness (QED) is 0.789. The van der Waals surface area contributed by atoms with Gasteiger partial charge in [0.25, 0.3) is 0 Å². The van der Waals surface area contributed by atoms with Gasteiger partial charge in [-0.05, 0) is 29.8 Å². The summed E-state index contributed by atoms with van der Waals surface area (Å²) in [5.41, 5.74) is 0.952. The van der Waals surface area contributed by atoms with Gasteiger partial charge in [0, 0.05) is 12.8 Å². The second-order valence-electron chi connectivity index (χ2n) is 4.78. The zero-order valence-electron chi connectivity index (χ0n) is 11.4. The second kappa shape index (κ2) is 5.80. The summed E-state index contributed by atoms with van der Waals surface area (Å²) in [7, 11) is 0. The zero-order chi connectivity index (χ0) is 13.9. The minimum Gasteiger partial charge on any atom is -0.490 e. The number of halogens is 1. The number of rotatable bonds is 3. The van der Waals surface area contributed by atoms with E-state index < -0.39 is 0 Å². The summed E-state index contributed by atoms with van der Waals surface area (Å²) in [4.78, 5) is 0. The lowest BCUT2D eigenvalue weighted by molar-refractivity contribution is 0.297. The fourth-order valence-electron chi connectivity index (χ4n) is 2.22. The fraction of sp³-hybridized carbons (Fsp3) is 0.375. The highest BCUT2D eigenvalue weighted by molar-refractivity contribution is 6.22. The fourth-order valence-corrected chi connectivity index (χ4v) is 2.48. The number of aryl methyl sites for hydroxylation is 1. The molecule has 1 aliphatic heterocycles. The van der Waals surface area contributed by atoms with Gasteiger partial charge < -0.3 is 13.9 Å². The molecule has 3 nitrogen and oxygen atoms in total. The van der Waals surface area contributed by atoms with Gasteiger partial charge in [0.05, 0.1) is 13.2 Å². The predicted octanol–water partition coefficient (Wildman–Crippen LogP) is 4.33. The van der Waals surface area contributed by atoms with Gasteiger partial charge in [-0.1, -0.05) is 13.0 Å². The predicted molar refractivity (Wildman–Crippen MR) is 77.8 cm³/mol. The van der Waals surface area contributed by atoms with E-state index in [0.717, 1.165) is 41.4 Å².